The van der Waals surface area contributed by atoms with Gasteiger partial charge in [0.15, 0.2) is 18.9 Å². The molecule has 2 unspecified atom stereocenters. The highest BCUT2D eigenvalue weighted by Gasteiger charge is 2.49. The van der Waals surface area contributed by atoms with Crippen molar-refractivity contribution in [2.75, 3.05) is 6.61 Å². The van der Waals surface area contributed by atoms with Gasteiger partial charge in [-0.05, 0) is 37.3 Å². The van der Waals surface area contributed by atoms with Crippen molar-refractivity contribution in [1.82, 2.24) is 9.80 Å². The molecule has 2 aliphatic rings. The van der Waals surface area contributed by atoms with Gasteiger partial charge in [0, 0.05) is 23.9 Å². The summed E-state index contributed by atoms with van der Waals surface area (Å²) in [7, 11) is 0. The summed E-state index contributed by atoms with van der Waals surface area (Å²) in [6.45, 7) is 8.22. The number of ether oxygens (including phenoxy) is 1. The molecule has 6 rings (SSSR count). The van der Waals surface area contributed by atoms with Gasteiger partial charge in [0.2, 0.25) is 11.7 Å². The van der Waals surface area contributed by atoms with Crippen molar-refractivity contribution in [3.05, 3.63) is 144 Å². The molecule has 4 aromatic rings. The summed E-state index contributed by atoms with van der Waals surface area (Å²) in [5.74, 6) is -3.91. The molecular weight excluding hydrogens is 654 g/mol. The predicted molar refractivity (Wildman–Crippen MR) is 197 cm³/mol. The summed E-state index contributed by atoms with van der Waals surface area (Å²) in [6, 6.07) is 29.3. The SMILES string of the molecule is CC(C)C1C(=O)N([C@H](C(N)=O)C(Cc2ccccc2)C(=O)C2=NC(C)(C)CO2)C(c2ccccc2)=CN1C(=O)c1cc[n+](Cc2ccccc2)cc1. The van der Waals surface area contributed by atoms with Gasteiger partial charge in [0.1, 0.15) is 18.7 Å². The normalized spacial score (nSPS) is 17.9. The molecule has 0 saturated heterocycles. The van der Waals surface area contributed by atoms with Gasteiger partial charge in [-0.1, -0.05) is 105 Å². The van der Waals surface area contributed by atoms with E-state index in [1.807, 2.05) is 111 Å². The maximum absolute atomic E-state index is 15.0. The van der Waals surface area contributed by atoms with Crippen LogP contribution in [0, 0.1) is 11.8 Å². The van der Waals surface area contributed by atoms with Crippen molar-refractivity contribution in [1.29, 1.82) is 0 Å². The van der Waals surface area contributed by atoms with Crippen LogP contribution in [0.3, 0.4) is 0 Å². The predicted octanol–water partition coefficient (Wildman–Crippen LogP) is 4.82. The fourth-order valence-electron chi connectivity index (χ4n) is 6.79. The Hall–Kier alpha value is -5.90. The molecule has 10 nitrogen and oxygen atoms in total. The van der Waals surface area contributed by atoms with E-state index < -0.39 is 41.1 Å². The number of aromatic nitrogens is 1. The molecule has 0 aliphatic carbocycles. The van der Waals surface area contributed by atoms with E-state index in [4.69, 9.17) is 10.5 Å². The van der Waals surface area contributed by atoms with Crippen molar-refractivity contribution in [3.8, 4) is 0 Å². The lowest BCUT2D eigenvalue weighted by Crippen LogP contribution is -2.62. The Morgan fingerprint density at radius 3 is 2.00 bits per heavy atom. The van der Waals surface area contributed by atoms with Gasteiger partial charge >= 0.3 is 0 Å². The quantitative estimate of drug-likeness (QED) is 0.213. The number of primary amides is 1. The van der Waals surface area contributed by atoms with Crippen LogP contribution in [0.15, 0.2) is 127 Å². The first kappa shape index (κ1) is 35.9. The number of hydrogen-bond acceptors (Lipinski definition) is 6. The molecule has 0 bridgehead atoms. The van der Waals surface area contributed by atoms with Gasteiger partial charge < -0.3 is 15.4 Å². The lowest BCUT2D eigenvalue weighted by molar-refractivity contribution is -0.688. The maximum atomic E-state index is 15.0. The Labute approximate surface area is 304 Å². The number of aliphatic imine (C=N–C) groups is 1. The molecule has 0 saturated carbocycles. The standard InChI is InChI=1S/C42H43N5O5/c1-28(2)35-41(51)47(36(38(43)49)33(24-29-14-8-5-9-15-29)37(48)39-44-42(3,4)27-52-39)34(31-18-12-7-13-19-31)26-46(35)40(50)32-20-22-45(23-21-32)25-30-16-10-6-11-17-30/h5-23,26,28,33,35-36H,24-25,27H2,1-4H3,(H-,43,49)/p+1/t33?,35?,36-/m0/s1. The number of ketones is 1. The van der Waals surface area contributed by atoms with Crippen molar-refractivity contribution >= 4 is 35.1 Å². The highest BCUT2D eigenvalue weighted by Crippen LogP contribution is 2.36. The van der Waals surface area contributed by atoms with E-state index in [-0.39, 0.29) is 36.4 Å². The second-order valence-corrected chi connectivity index (χ2v) is 14.3. The highest BCUT2D eigenvalue weighted by atomic mass is 16.5. The van der Waals surface area contributed by atoms with Gasteiger partial charge in [-0.15, -0.1) is 0 Å². The Morgan fingerprint density at radius 1 is 0.885 bits per heavy atom. The van der Waals surface area contributed by atoms with E-state index in [2.05, 4.69) is 4.99 Å². The Morgan fingerprint density at radius 2 is 1.46 bits per heavy atom. The number of nitrogens with zero attached hydrogens (tertiary/aromatic N) is 4. The van der Waals surface area contributed by atoms with Gasteiger partial charge in [0.25, 0.3) is 17.7 Å². The van der Waals surface area contributed by atoms with Crippen LogP contribution < -0.4 is 10.3 Å². The lowest BCUT2D eigenvalue weighted by Gasteiger charge is -2.45. The fourth-order valence-corrected chi connectivity index (χ4v) is 6.79. The molecule has 2 aliphatic heterocycles. The molecule has 2 N–H and O–H groups in total. The number of hydrogen-bond donors (Lipinski definition) is 1. The number of rotatable bonds is 12. The molecular formula is C42H44N5O5+. The lowest BCUT2D eigenvalue weighted by atomic mass is 9.84. The number of nitrogens with two attached hydrogens (primary N) is 1. The van der Waals surface area contributed by atoms with Crippen LogP contribution in [0.4, 0.5) is 0 Å². The summed E-state index contributed by atoms with van der Waals surface area (Å²) < 4.78 is 7.75. The monoisotopic (exact) mass is 698 g/mol. The molecule has 0 radical (unpaired) electrons. The van der Waals surface area contributed by atoms with E-state index in [9.17, 15) is 14.4 Å². The van der Waals surface area contributed by atoms with E-state index >= 15 is 4.79 Å². The molecule has 1 aromatic heterocycles. The Balaban J connectivity index is 1.44. The smallest absolute Gasteiger partial charge is 0.259 e. The van der Waals surface area contributed by atoms with Crippen molar-refractivity contribution < 1.29 is 28.5 Å². The first-order chi connectivity index (χ1) is 24.9. The Kier molecular flexibility index (Phi) is 10.5. The van der Waals surface area contributed by atoms with Crippen molar-refractivity contribution in [2.45, 2.75) is 58.3 Å². The zero-order valence-corrected chi connectivity index (χ0v) is 29.9. The van der Waals surface area contributed by atoms with Gasteiger partial charge in [-0.2, -0.15) is 0 Å². The molecule has 0 fully saturated rings. The molecule has 10 heteroatoms. The van der Waals surface area contributed by atoms with Crippen LogP contribution in [-0.2, 0) is 32.1 Å². The summed E-state index contributed by atoms with van der Waals surface area (Å²) in [4.78, 5) is 64.8. The summed E-state index contributed by atoms with van der Waals surface area (Å²) in [6.07, 6.45) is 5.37. The molecule has 3 aromatic carbocycles. The first-order valence-electron chi connectivity index (χ1n) is 17.5. The van der Waals surface area contributed by atoms with Crippen molar-refractivity contribution in [2.24, 2.45) is 22.6 Å². The van der Waals surface area contributed by atoms with E-state index in [1.54, 1.807) is 42.6 Å². The number of benzene rings is 3. The number of carbonyl (C=O) groups excluding carboxylic acids is 4. The average molecular weight is 699 g/mol. The van der Waals surface area contributed by atoms with Crippen LogP contribution in [-0.4, -0.2) is 63.4 Å². The number of carbonyl (C=O) groups is 4. The average Bonchev–Trinajstić information content (AvgIpc) is 3.51. The second-order valence-electron chi connectivity index (χ2n) is 14.3. The maximum Gasteiger partial charge on any atom is 0.259 e. The van der Waals surface area contributed by atoms with Crippen molar-refractivity contribution in [3.63, 3.8) is 0 Å². The zero-order valence-electron chi connectivity index (χ0n) is 29.9. The third-order valence-corrected chi connectivity index (χ3v) is 9.36. The van der Waals surface area contributed by atoms with E-state index in [1.165, 1.54) is 9.80 Å². The zero-order chi connectivity index (χ0) is 37.0. The second kappa shape index (κ2) is 15.1. The van der Waals surface area contributed by atoms with Crippen LogP contribution in [0.1, 0.15) is 54.7 Å². The van der Waals surface area contributed by atoms with Gasteiger partial charge in [-0.3, -0.25) is 24.1 Å². The third-order valence-electron chi connectivity index (χ3n) is 9.36. The van der Waals surface area contributed by atoms with Gasteiger partial charge in [0.05, 0.1) is 22.7 Å². The molecule has 3 amide bonds. The molecule has 3 atom stereocenters. The summed E-state index contributed by atoms with van der Waals surface area (Å²) in [5, 5.41) is 0. The van der Waals surface area contributed by atoms with E-state index in [0.29, 0.717) is 17.7 Å². The molecule has 52 heavy (non-hydrogen) atoms. The minimum Gasteiger partial charge on any atom is -0.473 e. The highest BCUT2D eigenvalue weighted by molar-refractivity contribution is 6.38. The van der Waals surface area contributed by atoms with E-state index in [0.717, 1.165) is 11.1 Å². The van der Waals surface area contributed by atoms with Gasteiger partial charge in [-0.25, -0.2) is 9.56 Å². The summed E-state index contributed by atoms with van der Waals surface area (Å²) >= 11 is 0. The fraction of sp³-hybridized carbons (Fsp3) is 0.286. The molecule has 3 heterocycles. The van der Waals surface area contributed by atoms with Crippen LogP contribution in [0.2, 0.25) is 0 Å². The minimum absolute atomic E-state index is 0.0872. The largest absolute Gasteiger partial charge is 0.473 e. The minimum atomic E-state index is -1.44. The first-order valence-corrected chi connectivity index (χ1v) is 17.5. The number of amides is 3. The Bertz CT molecular complexity index is 1990. The number of Topliss-reactive ketones (excluding diaryl/α,β-unsaturated/α-hetero) is 1. The van der Waals surface area contributed by atoms with Crippen LogP contribution >= 0.6 is 0 Å². The van der Waals surface area contributed by atoms with Crippen LogP contribution in [0.25, 0.3) is 5.70 Å². The summed E-state index contributed by atoms with van der Waals surface area (Å²) in [5.41, 5.74) is 8.70. The third kappa shape index (κ3) is 7.71. The topological polar surface area (TPSA) is 126 Å². The molecule has 266 valence electrons. The number of pyridine rings is 1. The van der Waals surface area contributed by atoms with Crippen LogP contribution in [0.5, 0.6) is 0 Å². The molecule has 0 spiro atoms.